The lowest BCUT2D eigenvalue weighted by atomic mass is 10.0. The zero-order chi connectivity index (χ0) is 13.2. The summed E-state index contributed by atoms with van der Waals surface area (Å²) in [5, 5.41) is 2.81. The van der Waals surface area contributed by atoms with Crippen LogP contribution in [0.4, 0.5) is 11.4 Å². The van der Waals surface area contributed by atoms with Gasteiger partial charge >= 0.3 is 0 Å². The number of benzene rings is 1. The van der Waals surface area contributed by atoms with Crippen LogP contribution in [-0.2, 0) is 16.0 Å². The molecule has 0 aliphatic carbocycles. The van der Waals surface area contributed by atoms with Gasteiger partial charge in [0.25, 0.3) is 0 Å². The average Bonchev–Trinajstić information content (AvgIpc) is 2.76. The summed E-state index contributed by atoms with van der Waals surface area (Å²) in [6.45, 7) is 2.27. The third-order valence-corrected chi connectivity index (χ3v) is 3.68. The molecular formula is C14H18N2O3. The highest BCUT2D eigenvalue weighted by Crippen LogP contribution is 2.33. The number of amides is 1. The Hall–Kier alpha value is -1.75. The molecule has 0 spiro atoms. The monoisotopic (exact) mass is 262 g/mol. The van der Waals surface area contributed by atoms with E-state index < -0.39 is 0 Å². The summed E-state index contributed by atoms with van der Waals surface area (Å²) >= 11 is 0. The van der Waals surface area contributed by atoms with Crippen molar-refractivity contribution in [3.63, 3.8) is 0 Å². The minimum absolute atomic E-state index is 0.0102. The van der Waals surface area contributed by atoms with Crippen molar-refractivity contribution in [2.45, 2.75) is 19.3 Å². The van der Waals surface area contributed by atoms with Crippen LogP contribution in [0.3, 0.4) is 0 Å². The third kappa shape index (κ3) is 2.66. The number of nitrogens with one attached hydrogen (secondary N) is 1. The van der Waals surface area contributed by atoms with E-state index in [0.29, 0.717) is 30.4 Å². The first-order valence-electron chi connectivity index (χ1n) is 6.65. The van der Waals surface area contributed by atoms with Crippen molar-refractivity contribution >= 4 is 17.3 Å². The quantitative estimate of drug-likeness (QED) is 0.811. The molecule has 0 aromatic heterocycles. The van der Waals surface area contributed by atoms with Crippen LogP contribution in [0.25, 0.3) is 0 Å². The number of fused-ring (bicyclic) bond motifs is 1. The summed E-state index contributed by atoms with van der Waals surface area (Å²) < 4.78 is 11.1. The van der Waals surface area contributed by atoms with Gasteiger partial charge in [0.2, 0.25) is 5.91 Å². The Morgan fingerprint density at radius 2 is 2.16 bits per heavy atom. The summed E-state index contributed by atoms with van der Waals surface area (Å²) in [6, 6.07) is 3.65. The van der Waals surface area contributed by atoms with E-state index in [1.54, 1.807) is 0 Å². The molecule has 2 aliphatic rings. The van der Waals surface area contributed by atoms with E-state index in [0.717, 1.165) is 37.3 Å². The molecule has 3 rings (SSSR count). The second-order valence-electron chi connectivity index (χ2n) is 5.14. The lowest BCUT2D eigenvalue weighted by Gasteiger charge is -2.22. The lowest BCUT2D eigenvalue weighted by molar-refractivity contribution is -0.115. The van der Waals surface area contributed by atoms with Crippen LogP contribution in [0.1, 0.15) is 18.4 Å². The van der Waals surface area contributed by atoms with Gasteiger partial charge in [-0.2, -0.15) is 0 Å². The van der Waals surface area contributed by atoms with Gasteiger partial charge in [0.1, 0.15) is 5.75 Å². The van der Waals surface area contributed by atoms with Crippen LogP contribution in [0, 0.1) is 5.92 Å². The maximum absolute atomic E-state index is 11.3. The van der Waals surface area contributed by atoms with Gasteiger partial charge in [0.15, 0.2) is 0 Å². The molecule has 19 heavy (non-hydrogen) atoms. The van der Waals surface area contributed by atoms with Gasteiger partial charge in [-0.1, -0.05) is 0 Å². The molecule has 2 aliphatic heterocycles. The summed E-state index contributed by atoms with van der Waals surface area (Å²) in [4.78, 5) is 11.3. The Morgan fingerprint density at radius 3 is 2.95 bits per heavy atom. The Bertz CT molecular complexity index is 496. The van der Waals surface area contributed by atoms with Crippen LogP contribution in [0.5, 0.6) is 5.75 Å². The number of ether oxygens (including phenoxy) is 2. The molecule has 1 fully saturated rings. The molecule has 0 unspecified atom stereocenters. The molecule has 1 aromatic carbocycles. The smallest absolute Gasteiger partial charge is 0.228 e. The van der Waals surface area contributed by atoms with Crippen molar-refractivity contribution < 1.29 is 14.3 Å². The molecule has 0 radical (unpaired) electrons. The van der Waals surface area contributed by atoms with Gasteiger partial charge in [-0.3, -0.25) is 4.79 Å². The topological polar surface area (TPSA) is 73.6 Å². The number of rotatable bonds is 3. The minimum Gasteiger partial charge on any atom is -0.491 e. The third-order valence-electron chi connectivity index (χ3n) is 3.68. The predicted octanol–water partition coefficient (Wildman–Crippen LogP) is 1.57. The second-order valence-corrected chi connectivity index (χ2v) is 5.14. The van der Waals surface area contributed by atoms with E-state index >= 15 is 0 Å². The highest BCUT2D eigenvalue weighted by molar-refractivity contribution is 6.00. The van der Waals surface area contributed by atoms with E-state index in [1.165, 1.54) is 0 Å². The minimum atomic E-state index is 0.0102. The van der Waals surface area contributed by atoms with Gasteiger partial charge in [-0.25, -0.2) is 0 Å². The second kappa shape index (κ2) is 5.09. The summed E-state index contributed by atoms with van der Waals surface area (Å²) in [5.74, 6) is 1.19. The van der Waals surface area contributed by atoms with Gasteiger partial charge in [-0.15, -0.1) is 0 Å². The Labute approximate surface area is 112 Å². The molecule has 0 atom stereocenters. The number of carbonyl (C=O) groups excluding carboxylic acids is 1. The van der Waals surface area contributed by atoms with Gasteiger partial charge in [-0.05, 0) is 30.4 Å². The number of carbonyl (C=O) groups is 1. The van der Waals surface area contributed by atoms with Crippen LogP contribution >= 0.6 is 0 Å². The number of anilines is 2. The van der Waals surface area contributed by atoms with E-state index in [2.05, 4.69) is 5.32 Å². The van der Waals surface area contributed by atoms with Crippen LogP contribution in [0.15, 0.2) is 12.1 Å². The largest absolute Gasteiger partial charge is 0.491 e. The fourth-order valence-corrected chi connectivity index (χ4v) is 2.52. The van der Waals surface area contributed by atoms with Crippen LogP contribution in [0.2, 0.25) is 0 Å². The van der Waals surface area contributed by atoms with Crippen molar-refractivity contribution in [1.29, 1.82) is 0 Å². The molecule has 0 saturated carbocycles. The first-order chi connectivity index (χ1) is 9.22. The first kappa shape index (κ1) is 12.3. The Morgan fingerprint density at radius 1 is 1.37 bits per heavy atom. The van der Waals surface area contributed by atoms with Gasteiger partial charge in [0, 0.05) is 25.0 Å². The molecule has 3 N–H and O–H groups in total. The van der Waals surface area contributed by atoms with E-state index in [9.17, 15) is 4.79 Å². The number of hydrogen-bond acceptors (Lipinski definition) is 4. The van der Waals surface area contributed by atoms with E-state index in [4.69, 9.17) is 15.2 Å². The van der Waals surface area contributed by atoms with Gasteiger partial charge in [0.05, 0.1) is 18.7 Å². The zero-order valence-corrected chi connectivity index (χ0v) is 10.8. The van der Waals surface area contributed by atoms with Crippen molar-refractivity contribution in [3.8, 4) is 5.75 Å². The summed E-state index contributed by atoms with van der Waals surface area (Å²) in [5.41, 5.74) is 8.33. The van der Waals surface area contributed by atoms with E-state index in [1.807, 2.05) is 12.1 Å². The van der Waals surface area contributed by atoms with Crippen molar-refractivity contribution in [1.82, 2.24) is 0 Å². The maximum atomic E-state index is 11.3. The van der Waals surface area contributed by atoms with Crippen molar-refractivity contribution in [3.05, 3.63) is 17.7 Å². The highest BCUT2D eigenvalue weighted by Gasteiger charge is 2.20. The average molecular weight is 262 g/mol. The SMILES string of the molecule is Nc1cc2c(cc1OCC1CCOCC1)NC(=O)C2. The summed E-state index contributed by atoms with van der Waals surface area (Å²) in [6.07, 6.45) is 2.46. The molecule has 1 aromatic rings. The molecule has 102 valence electrons. The van der Waals surface area contributed by atoms with Crippen molar-refractivity contribution in [2.24, 2.45) is 5.92 Å². The van der Waals surface area contributed by atoms with Gasteiger partial charge < -0.3 is 20.5 Å². The fraction of sp³-hybridized carbons (Fsp3) is 0.500. The molecule has 5 nitrogen and oxygen atoms in total. The molecule has 0 bridgehead atoms. The first-order valence-corrected chi connectivity index (χ1v) is 6.65. The van der Waals surface area contributed by atoms with Crippen LogP contribution in [-0.4, -0.2) is 25.7 Å². The Kier molecular flexibility index (Phi) is 3.29. The standard InChI is InChI=1S/C14H18N2O3/c15-11-5-10-6-14(17)16-12(10)7-13(11)19-8-9-1-3-18-4-2-9/h5,7,9H,1-4,6,8,15H2,(H,16,17). The lowest BCUT2D eigenvalue weighted by Crippen LogP contribution is -2.21. The fourth-order valence-electron chi connectivity index (χ4n) is 2.52. The van der Waals surface area contributed by atoms with Crippen molar-refractivity contribution in [2.75, 3.05) is 30.9 Å². The van der Waals surface area contributed by atoms with E-state index in [-0.39, 0.29) is 5.91 Å². The Balaban J connectivity index is 1.67. The predicted molar refractivity (Wildman–Crippen MR) is 72.2 cm³/mol. The molecule has 1 saturated heterocycles. The normalized spacial score (nSPS) is 19.1. The number of hydrogen-bond donors (Lipinski definition) is 2. The molecule has 5 heteroatoms. The molecular weight excluding hydrogens is 244 g/mol. The molecule has 1 amide bonds. The number of nitrogen functional groups attached to an aromatic ring is 1. The summed E-state index contributed by atoms with van der Waals surface area (Å²) in [7, 11) is 0. The molecule has 2 heterocycles. The number of nitrogens with two attached hydrogens (primary N) is 1. The van der Waals surface area contributed by atoms with Crippen LogP contribution < -0.4 is 15.8 Å². The zero-order valence-electron chi connectivity index (χ0n) is 10.8. The maximum Gasteiger partial charge on any atom is 0.228 e. The highest BCUT2D eigenvalue weighted by atomic mass is 16.5.